The van der Waals surface area contributed by atoms with Gasteiger partial charge in [-0.05, 0) is 69.4 Å². The van der Waals surface area contributed by atoms with Crippen LogP contribution in [-0.2, 0) is 0 Å². The monoisotopic (exact) mass is 275 g/mol. The molecule has 112 valence electrons. The first-order valence-corrected chi connectivity index (χ1v) is 8.44. The molecule has 3 aliphatic rings. The van der Waals surface area contributed by atoms with Gasteiger partial charge in [0.25, 0.3) is 0 Å². The second-order valence-corrected chi connectivity index (χ2v) is 8.07. The van der Waals surface area contributed by atoms with Crippen LogP contribution in [0.25, 0.3) is 0 Å². The van der Waals surface area contributed by atoms with Crippen LogP contribution < -0.4 is 5.32 Å². The van der Waals surface area contributed by atoms with Crippen LogP contribution in [0.15, 0.2) is 0 Å². The summed E-state index contributed by atoms with van der Waals surface area (Å²) in [6.07, 6.45) is 8.89. The number of likely N-dealkylation sites (tertiary alicyclic amines) is 1. The van der Waals surface area contributed by atoms with E-state index in [9.17, 15) is 5.26 Å². The summed E-state index contributed by atoms with van der Waals surface area (Å²) in [7, 11) is 0. The summed E-state index contributed by atoms with van der Waals surface area (Å²) in [5, 5.41) is 13.5. The van der Waals surface area contributed by atoms with Crippen LogP contribution in [0.1, 0.15) is 58.8 Å². The van der Waals surface area contributed by atoms with Crippen molar-refractivity contribution in [1.82, 2.24) is 10.2 Å². The van der Waals surface area contributed by atoms with Crippen LogP contribution >= 0.6 is 0 Å². The van der Waals surface area contributed by atoms with E-state index in [-0.39, 0.29) is 5.54 Å². The number of nitrogens with zero attached hydrogens (tertiary/aromatic N) is 2. The standard InChI is InChI=1S/C17H29N3/c1-16(2)8-3-10-20(11-9-16)13-17(12-18,14-4-5-14)19-15-6-7-15/h14-15,19H,3-11,13H2,1-2H3. The fourth-order valence-electron chi connectivity index (χ4n) is 3.61. The van der Waals surface area contributed by atoms with Crippen molar-refractivity contribution in [2.24, 2.45) is 11.3 Å². The Bertz CT molecular complexity index is 390. The van der Waals surface area contributed by atoms with Gasteiger partial charge in [-0.2, -0.15) is 5.26 Å². The van der Waals surface area contributed by atoms with E-state index in [0.29, 0.717) is 17.4 Å². The molecule has 2 saturated carbocycles. The topological polar surface area (TPSA) is 39.1 Å². The minimum atomic E-state index is -0.254. The van der Waals surface area contributed by atoms with Crippen molar-refractivity contribution in [3.05, 3.63) is 0 Å². The molecule has 3 heteroatoms. The number of nitriles is 1. The minimum absolute atomic E-state index is 0.254. The average Bonchev–Trinajstić information content (AvgIpc) is 3.26. The zero-order valence-electron chi connectivity index (χ0n) is 13.1. The molecule has 0 spiro atoms. The van der Waals surface area contributed by atoms with Crippen LogP contribution in [0, 0.1) is 22.7 Å². The van der Waals surface area contributed by atoms with E-state index >= 15 is 0 Å². The third-order valence-electron chi connectivity index (χ3n) is 5.42. The molecule has 3 rings (SSSR count). The van der Waals surface area contributed by atoms with Crippen molar-refractivity contribution < 1.29 is 0 Å². The van der Waals surface area contributed by atoms with Gasteiger partial charge in [0.2, 0.25) is 0 Å². The van der Waals surface area contributed by atoms with Crippen molar-refractivity contribution in [3.8, 4) is 6.07 Å². The molecule has 1 atom stereocenters. The van der Waals surface area contributed by atoms with E-state index in [0.717, 1.165) is 13.1 Å². The number of hydrogen-bond acceptors (Lipinski definition) is 3. The van der Waals surface area contributed by atoms with Gasteiger partial charge >= 0.3 is 0 Å². The predicted molar refractivity (Wildman–Crippen MR) is 81.3 cm³/mol. The normalized spacial score (nSPS) is 30.2. The highest BCUT2D eigenvalue weighted by Gasteiger charge is 2.49. The fourth-order valence-corrected chi connectivity index (χ4v) is 3.61. The molecule has 0 aromatic rings. The first-order valence-electron chi connectivity index (χ1n) is 8.44. The lowest BCUT2D eigenvalue weighted by atomic mass is 9.85. The highest BCUT2D eigenvalue weighted by atomic mass is 15.2. The second kappa shape index (κ2) is 5.31. The lowest BCUT2D eigenvalue weighted by Crippen LogP contribution is -2.55. The molecule has 0 aromatic carbocycles. The van der Waals surface area contributed by atoms with E-state index in [1.54, 1.807) is 0 Å². The van der Waals surface area contributed by atoms with Gasteiger partial charge < -0.3 is 4.90 Å². The molecule has 1 saturated heterocycles. The Morgan fingerprint density at radius 1 is 1.20 bits per heavy atom. The highest BCUT2D eigenvalue weighted by molar-refractivity contribution is 5.18. The first kappa shape index (κ1) is 14.4. The smallest absolute Gasteiger partial charge is 0.122 e. The van der Waals surface area contributed by atoms with Crippen LogP contribution in [0.5, 0.6) is 0 Å². The van der Waals surface area contributed by atoms with E-state index < -0.39 is 0 Å². The molecule has 0 bridgehead atoms. The number of hydrogen-bond donors (Lipinski definition) is 1. The van der Waals surface area contributed by atoms with Crippen LogP contribution in [0.4, 0.5) is 0 Å². The first-order chi connectivity index (χ1) is 9.53. The number of nitrogens with one attached hydrogen (secondary N) is 1. The van der Waals surface area contributed by atoms with E-state index in [1.807, 2.05) is 0 Å². The third kappa shape index (κ3) is 3.35. The largest absolute Gasteiger partial charge is 0.300 e. The Kier molecular flexibility index (Phi) is 3.81. The molecule has 0 amide bonds. The highest BCUT2D eigenvalue weighted by Crippen LogP contribution is 2.42. The molecule has 1 unspecified atom stereocenters. The Hall–Kier alpha value is -0.590. The van der Waals surface area contributed by atoms with Gasteiger partial charge in [-0.1, -0.05) is 13.8 Å². The van der Waals surface area contributed by atoms with Gasteiger partial charge in [-0.3, -0.25) is 5.32 Å². The molecule has 1 heterocycles. The molecule has 0 radical (unpaired) electrons. The summed E-state index contributed by atoms with van der Waals surface area (Å²) >= 11 is 0. The molecule has 2 aliphatic carbocycles. The van der Waals surface area contributed by atoms with Crippen LogP contribution in [0.2, 0.25) is 0 Å². The predicted octanol–water partition coefficient (Wildman–Crippen LogP) is 2.92. The molecular weight excluding hydrogens is 246 g/mol. The van der Waals surface area contributed by atoms with Crippen molar-refractivity contribution in [1.29, 1.82) is 5.26 Å². The molecule has 1 N–H and O–H groups in total. The van der Waals surface area contributed by atoms with E-state index in [4.69, 9.17) is 0 Å². The summed E-state index contributed by atoms with van der Waals surface area (Å²) in [5.74, 6) is 0.601. The SMILES string of the molecule is CC1(C)CCCN(CC(C#N)(NC2CC2)C2CC2)CC1. The Morgan fingerprint density at radius 3 is 2.55 bits per heavy atom. The zero-order valence-corrected chi connectivity index (χ0v) is 13.1. The minimum Gasteiger partial charge on any atom is -0.300 e. The Labute approximate surface area is 123 Å². The van der Waals surface area contributed by atoms with E-state index in [1.165, 1.54) is 51.5 Å². The summed E-state index contributed by atoms with van der Waals surface area (Å²) in [5.41, 5.74) is 0.225. The van der Waals surface area contributed by atoms with Gasteiger partial charge in [0, 0.05) is 12.6 Å². The zero-order chi connectivity index (χ0) is 14.2. The van der Waals surface area contributed by atoms with Crippen molar-refractivity contribution in [2.75, 3.05) is 19.6 Å². The van der Waals surface area contributed by atoms with Gasteiger partial charge in [-0.25, -0.2) is 0 Å². The molecule has 20 heavy (non-hydrogen) atoms. The maximum Gasteiger partial charge on any atom is 0.122 e. The van der Waals surface area contributed by atoms with Crippen molar-refractivity contribution in [2.45, 2.75) is 70.4 Å². The summed E-state index contributed by atoms with van der Waals surface area (Å²) in [6, 6.07) is 3.31. The van der Waals surface area contributed by atoms with Gasteiger partial charge in [0.1, 0.15) is 5.54 Å². The number of rotatable bonds is 5. The summed E-state index contributed by atoms with van der Waals surface area (Å²) < 4.78 is 0. The molecule has 3 nitrogen and oxygen atoms in total. The van der Waals surface area contributed by atoms with Crippen LogP contribution in [0.3, 0.4) is 0 Å². The Balaban J connectivity index is 1.65. The van der Waals surface area contributed by atoms with Gasteiger partial charge in [0.15, 0.2) is 0 Å². The lowest BCUT2D eigenvalue weighted by Gasteiger charge is -2.34. The van der Waals surface area contributed by atoms with E-state index in [2.05, 4.69) is 30.1 Å². The molecule has 3 fully saturated rings. The van der Waals surface area contributed by atoms with Crippen molar-refractivity contribution >= 4 is 0 Å². The van der Waals surface area contributed by atoms with Crippen molar-refractivity contribution in [3.63, 3.8) is 0 Å². The Morgan fingerprint density at radius 2 is 1.95 bits per heavy atom. The quantitative estimate of drug-likeness (QED) is 0.838. The third-order valence-corrected chi connectivity index (χ3v) is 5.42. The fraction of sp³-hybridized carbons (Fsp3) is 0.941. The van der Waals surface area contributed by atoms with Gasteiger partial charge in [0.05, 0.1) is 6.07 Å². The summed E-state index contributed by atoms with van der Waals surface area (Å²) in [6.45, 7) is 8.05. The van der Waals surface area contributed by atoms with Crippen LogP contribution in [-0.4, -0.2) is 36.1 Å². The summed E-state index contributed by atoms with van der Waals surface area (Å²) in [4.78, 5) is 2.56. The maximum absolute atomic E-state index is 9.83. The lowest BCUT2D eigenvalue weighted by molar-refractivity contribution is 0.193. The molecular formula is C17H29N3. The molecule has 1 aliphatic heterocycles. The molecule has 0 aromatic heterocycles. The average molecular weight is 275 g/mol. The maximum atomic E-state index is 9.83. The van der Waals surface area contributed by atoms with Gasteiger partial charge in [-0.15, -0.1) is 0 Å². The second-order valence-electron chi connectivity index (χ2n) is 8.07.